The minimum Gasteiger partial charge on any atom is -0.238 e. The zero-order chi connectivity index (χ0) is 4.12. The Hall–Kier alpha value is -0.470. The van der Waals surface area contributed by atoms with Gasteiger partial charge >= 0.3 is 0 Å². The number of nitrogens with zero attached hydrogens (tertiary/aromatic N) is 1. The van der Waals surface area contributed by atoms with Crippen LogP contribution in [0.15, 0.2) is 4.40 Å². The Morgan fingerprint density at radius 3 is 2.40 bits per heavy atom. The van der Waals surface area contributed by atoms with Crippen molar-refractivity contribution in [1.29, 1.82) is 0 Å². The molecule has 0 radical (unpaired) electrons. The Morgan fingerprint density at radius 2 is 2.40 bits per heavy atom. The van der Waals surface area contributed by atoms with Crippen LogP contribution in [-0.2, 0) is 16.6 Å². The average Bonchev–Trinajstić information content (AvgIpc) is 1.41. The van der Waals surface area contributed by atoms with Gasteiger partial charge in [0.05, 0.1) is 0 Å². The summed E-state index contributed by atoms with van der Waals surface area (Å²) in [5.41, 5.74) is 0. The maximum Gasteiger partial charge on any atom is 0.249 e. The summed E-state index contributed by atoms with van der Waals surface area (Å²) in [7, 11) is 0. The fraction of sp³-hybridized carbons (Fsp3) is 0. The largest absolute Gasteiger partial charge is 0.249 e. The van der Waals surface area contributed by atoms with Crippen LogP contribution in [0, 0.1) is 0 Å². The van der Waals surface area contributed by atoms with Crippen LogP contribution in [0.25, 0.3) is 0 Å². The maximum absolute atomic E-state index is 9.07. The first-order valence-corrected chi connectivity index (χ1v) is 1.58. The van der Waals surface area contributed by atoms with Crippen molar-refractivity contribution in [2.24, 2.45) is 4.40 Å². The lowest BCUT2D eigenvalue weighted by molar-refractivity contribution is 0.566. The Morgan fingerprint density at radius 1 is 1.80 bits per heavy atom. The van der Waals surface area contributed by atoms with Crippen LogP contribution in [0.5, 0.6) is 0 Å². The summed E-state index contributed by atoms with van der Waals surface area (Å²) in [5, 5.41) is 0. The second-order valence-corrected chi connectivity index (χ2v) is 0.636. The van der Waals surface area contributed by atoms with E-state index in [1.807, 2.05) is 0 Å². The molecule has 0 unspecified atom stereocenters. The summed E-state index contributed by atoms with van der Waals surface area (Å²) in [6.45, 7) is 0. The highest BCUT2D eigenvalue weighted by molar-refractivity contribution is 7.64. The monoisotopic (exact) mass is 91.0 g/mol. The van der Waals surface area contributed by atoms with Crippen LogP contribution in [-0.4, -0.2) is 10.3 Å². The van der Waals surface area contributed by atoms with Crippen LogP contribution < -0.4 is 0 Å². The number of hydrogen-bond donors (Lipinski definition) is 1. The molecule has 0 saturated heterocycles. The lowest BCUT2D eigenvalue weighted by atomic mass is 11.7. The zero-order valence-corrected chi connectivity index (χ0v) is 3.11. The van der Waals surface area contributed by atoms with Crippen LogP contribution in [0.1, 0.15) is 0 Å². The van der Waals surface area contributed by atoms with Crippen molar-refractivity contribution in [3.8, 4) is 0 Å². The van der Waals surface area contributed by atoms with E-state index in [0.717, 1.165) is 6.08 Å². The minimum absolute atomic E-state index is 0.519. The molecule has 0 bridgehead atoms. The molecular weight excluding hydrogens is 90.1 g/mol. The van der Waals surface area contributed by atoms with Crippen molar-refractivity contribution in [3.63, 3.8) is 0 Å². The summed E-state index contributed by atoms with van der Waals surface area (Å²) in [6.07, 6.45) is 1.07. The second kappa shape index (κ2) is 3.53. The van der Waals surface area contributed by atoms with Crippen LogP contribution in [0.4, 0.5) is 0 Å². The third-order valence-electron chi connectivity index (χ3n) is 0.0816. The molecule has 0 fully saturated rings. The summed E-state index contributed by atoms with van der Waals surface area (Å²) in [4.78, 5) is 8.91. The SMILES string of the molecule is O=C=N[SH]=O. The Labute approximate surface area is 32.3 Å². The fourth-order valence-electron chi connectivity index (χ4n) is 0.0167. The summed E-state index contributed by atoms with van der Waals surface area (Å²) >= 11 is -0.519. The average molecular weight is 91.1 g/mol. The molecule has 0 rings (SSSR count). The molecule has 0 aromatic heterocycles. The third-order valence-corrected chi connectivity index (χ3v) is 0.245. The number of thiol groups is 1. The Balaban J connectivity index is 3.31. The lowest BCUT2D eigenvalue weighted by Crippen LogP contribution is -1.45. The second-order valence-electron chi connectivity index (χ2n) is 0.273. The van der Waals surface area contributed by atoms with Crippen molar-refractivity contribution in [1.82, 2.24) is 0 Å². The van der Waals surface area contributed by atoms with Crippen molar-refractivity contribution >= 4 is 17.9 Å². The van der Waals surface area contributed by atoms with Gasteiger partial charge in [-0.15, -0.1) is 4.40 Å². The van der Waals surface area contributed by atoms with Crippen molar-refractivity contribution in [2.45, 2.75) is 0 Å². The molecule has 5 heavy (non-hydrogen) atoms. The van der Waals surface area contributed by atoms with Gasteiger partial charge < -0.3 is 0 Å². The van der Waals surface area contributed by atoms with Crippen molar-refractivity contribution in [3.05, 3.63) is 0 Å². The van der Waals surface area contributed by atoms with E-state index in [1.165, 1.54) is 0 Å². The van der Waals surface area contributed by atoms with Gasteiger partial charge in [0.25, 0.3) is 0 Å². The van der Waals surface area contributed by atoms with E-state index in [0.29, 0.717) is 0 Å². The molecular formula is CHNO2S. The molecule has 0 aliphatic rings. The smallest absolute Gasteiger partial charge is 0.238 e. The highest BCUT2D eigenvalue weighted by Gasteiger charge is 1.45. The van der Waals surface area contributed by atoms with Gasteiger partial charge in [-0.2, -0.15) is 0 Å². The van der Waals surface area contributed by atoms with Crippen LogP contribution in [0.2, 0.25) is 0 Å². The van der Waals surface area contributed by atoms with Gasteiger partial charge in [0.2, 0.25) is 6.08 Å². The van der Waals surface area contributed by atoms with Gasteiger partial charge in [-0.1, -0.05) is 0 Å². The first kappa shape index (κ1) is 4.53. The maximum atomic E-state index is 9.07. The van der Waals surface area contributed by atoms with Gasteiger partial charge in [0, 0.05) is 0 Å². The highest BCUT2D eigenvalue weighted by Crippen LogP contribution is 1.42. The van der Waals surface area contributed by atoms with Crippen molar-refractivity contribution < 1.29 is 9.00 Å². The summed E-state index contributed by atoms with van der Waals surface area (Å²) in [6, 6.07) is 0. The minimum atomic E-state index is -0.519. The van der Waals surface area contributed by atoms with Gasteiger partial charge in [-0.3, -0.25) is 0 Å². The van der Waals surface area contributed by atoms with E-state index in [-0.39, 0.29) is 0 Å². The van der Waals surface area contributed by atoms with Gasteiger partial charge in [-0.25, -0.2) is 9.00 Å². The molecule has 0 aromatic carbocycles. The van der Waals surface area contributed by atoms with Crippen LogP contribution in [0.3, 0.4) is 0 Å². The van der Waals surface area contributed by atoms with E-state index in [2.05, 4.69) is 4.40 Å². The summed E-state index contributed by atoms with van der Waals surface area (Å²) in [5.74, 6) is 0. The van der Waals surface area contributed by atoms with E-state index in [1.54, 1.807) is 0 Å². The number of isocyanates is 1. The fourth-order valence-corrected chi connectivity index (χ4v) is 0.0500. The molecule has 0 atom stereocenters. The predicted molar refractivity (Wildman–Crippen MR) is 17.7 cm³/mol. The zero-order valence-electron chi connectivity index (χ0n) is 2.21. The highest BCUT2D eigenvalue weighted by atomic mass is 32.2. The molecule has 0 aliphatic carbocycles. The van der Waals surface area contributed by atoms with E-state index >= 15 is 0 Å². The number of carbonyl (C=O) groups excluding carboxylic acids is 1. The molecule has 0 spiro atoms. The molecule has 3 nitrogen and oxygen atoms in total. The normalized spacial score (nSPS) is 5.60. The van der Waals surface area contributed by atoms with Gasteiger partial charge in [0.1, 0.15) is 11.9 Å². The van der Waals surface area contributed by atoms with Gasteiger partial charge in [0.15, 0.2) is 0 Å². The molecule has 28 valence electrons. The molecule has 0 aromatic rings. The molecule has 0 heterocycles. The van der Waals surface area contributed by atoms with Gasteiger partial charge in [-0.05, 0) is 0 Å². The first-order valence-electron chi connectivity index (χ1n) is 0.810. The predicted octanol–water partition coefficient (Wildman–Crippen LogP) is -0.817. The summed E-state index contributed by atoms with van der Waals surface area (Å²) < 4.78 is 11.7. The molecule has 4 heteroatoms. The standard InChI is InChI=1S/CHNO2S/c3-1-2-5-4/h5H. The lowest BCUT2D eigenvalue weighted by Gasteiger charge is -1.41. The molecule has 0 N–H and O–H groups in total. The quantitative estimate of drug-likeness (QED) is 0.260. The third kappa shape index (κ3) is 3.53. The van der Waals surface area contributed by atoms with E-state index in [9.17, 15) is 0 Å². The Bertz CT molecular complexity index is 73.7. The number of rotatable bonds is 1. The molecule has 0 saturated carbocycles. The first-order chi connectivity index (χ1) is 2.41. The van der Waals surface area contributed by atoms with Crippen molar-refractivity contribution in [2.75, 3.05) is 0 Å². The molecule has 0 amide bonds. The Kier molecular flexibility index (Phi) is 3.20. The van der Waals surface area contributed by atoms with Crippen LogP contribution >= 0.6 is 0 Å². The topological polar surface area (TPSA) is 46.5 Å². The molecule has 0 aliphatic heterocycles. The van der Waals surface area contributed by atoms with E-state index < -0.39 is 11.9 Å². The van der Waals surface area contributed by atoms with E-state index in [4.69, 9.17) is 9.00 Å². The number of hydrogen-bond acceptors (Lipinski definition) is 2.